The first-order chi connectivity index (χ1) is 21.3. The fourth-order valence-electron chi connectivity index (χ4n) is 4.84. The smallest absolute Gasteiger partial charge is 0.243 e. The Morgan fingerprint density at radius 3 is 2.25 bits per heavy atom. The number of hydroxylamine groups is 1. The summed E-state index contributed by atoms with van der Waals surface area (Å²) in [6, 6.07) is 22.8. The number of thioether (sulfide) groups is 1. The number of rotatable bonds is 14. The molecule has 44 heavy (non-hydrogen) atoms. The summed E-state index contributed by atoms with van der Waals surface area (Å²) in [6.07, 6.45) is 2.07. The Balaban J connectivity index is 1.41. The number of hydrogen-bond donors (Lipinski definition) is 5. The monoisotopic (exact) mass is 621 g/mol. The van der Waals surface area contributed by atoms with E-state index in [-0.39, 0.29) is 37.0 Å². The molecule has 11 heteroatoms. The Labute approximate surface area is 261 Å². The van der Waals surface area contributed by atoms with E-state index in [1.165, 1.54) is 6.92 Å². The Bertz CT molecular complexity index is 1380. The van der Waals surface area contributed by atoms with Crippen LogP contribution in [0, 0.1) is 0 Å². The second kappa shape index (κ2) is 16.9. The number of aliphatic hydroxyl groups excluding tert-OH is 1. The molecule has 0 aromatic heterocycles. The summed E-state index contributed by atoms with van der Waals surface area (Å²) in [5, 5.41) is 23.8. The first kappa shape index (κ1) is 33.2. The standard InChI is InChI=1S/C33H39N3O7S/c1-22(38)34-26-14-16-29(17-15-26)44-21-28-19-30(24-12-10-23(20-37)11-13-24)43-33(42-28)25-6-5-7-27(18-25)35-31(39)8-3-2-4-9-32(40)36-41/h5-7,10-18,28,30,33,37,41H,2-4,8-9,19-21H2,1H3,(H,34,38)(H,35,39)(H,36,40)/t28-,30+,33+/m0/s1. The Kier molecular flexibility index (Phi) is 12.8. The van der Waals surface area contributed by atoms with E-state index in [9.17, 15) is 19.5 Å². The summed E-state index contributed by atoms with van der Waals surface area (Å²) in [6.45, 7) is 1.45. The maximum atomic E-state index is 12.6. The third kappa shape index (κ3) is 10.5. The van der Waals surface area contributed by atoms with E-state index < -0.39 is 12.2 Å². The molecule has 0 aliphatic carbocycles. The topological polar surface area (TPSA) is 146 Å². The van der Waals surface area contributed by atoms with Gasteiger partial charge in [-0.15, -0.1) is 11.8 Å². The molecule has 3 aromatic rings. The number of anilines is 2. The summed E-state index contributed by atoms with van der Waals surface area (Å²) >= 11 is 1.66. The molecule has 0 saturated carbocycles. The molecule has 0 bridgehead atoms. The second-order valence-corrected chi connectivity index (χ2v) is 11.7. The van der Waals surface area contributed by atoms with Crippen LogP contribution < -0.4 is 16.1 Å². The molecular weight excluding hydrogens is 582 g/mol. The molecule has 234 valence electrons. The average molecular weight is 622 g/mol. The van der Waals surface area contributed by atoms with E-state index in [4.69, 9.17) is 14.7 Å². The van der Waals surface area contributed by atoms with Crippen molar-refractivity contribution in [3.8, 4) is 0 Å². The van der Waals surface area contributed by atoms with Crippen molar-refractivity contribution in [2.24, 2.45) is 0 Å². The maximum Gasteiger partial charge on any atom is 0.243 e. The number of nitrogens with one attached hydrogen (secondary N) is 3. The van der Waals surface area contributed by atoms with Gasteiger partial charge in [-0.3, -0.25) is 19.6 Å². The first-order valence-corrected chi connectivity index (χ1v) is 15.7. The van der Waals surface area contributed by atoms with Crippen molar-refractivity contribution in [2.75, 3.05) is 16.4 Å². The predicted molar refractivity (Wildman–Crippen MR) is 168 cm³/mol. The Morgan fingerprint density at radius 1 is 0.841 bits per heavy atom. The lowest BCUT2D eigenvalue weighted by atomic mass is 10.0. The van der Waals surface area contributed by atoms with E-state index >= 15 is 0 Å². The maximum absolute atomic E-state index is 12.6. The molecule has 1 aliphatic rings. The van der Waals surface area contributed by atoms with Crippen LogP contribution in [-0.2, 0) is 30.5 Å². The van der Waals surface area contributed by atoms with E-state index in [1.54, 1.807) is 17.2 Å². The quantitative estimate of drug-likeness (QED) is 0.0650. The van der Waals surface area contributed by atoms with Crippen molar-refractivity contribution >= 4 is 40.9 Å². The summed E-state index contributed by atoms with van der Waals surface area (Å²) in [7, 11) is 0. The Morgan fingerprint density at radius 2 is 1.57 bits per heavy atom. The molecule has 0 radical (unpaired) electrons. The van der Waals surface area contributed by atoms with Crippen LogP contribution in [0.5, 0.6) is 0 Å². The van der Waals surface area contributed by atoms with E-state index in [1.807, 2.05) is 72.8 Å². The van der Waals surface area contributed by atoms with Crippen LogP contribution in [0.4, 0.5) is 11.4 Å². The summed E-state index contributed by atoms with van der Waals surface area (Å²) in [5.74, 6) is 0.0117. The van der Waals surface area contributed by atoms with Crippen LogP contribution in [0.25, 0.3) is 0 Å². The first-order valence-electron chi connectivity index (χ1n) is 14.7. The largest absolute Gasteiger partial charge is 0.392 e. The highest BCUT2D eigenvalue weighted by Crippen LogP contribution is 2.40. The molecule has 3 atom stereocenters. The minimum atomic E-state index is -0.659. The SMILES string of the molecule is CC(=O)Nc1ccc(SC[C@@H]2C[C@H](c3ccc(CO)cc3)O[C@H](c3cccc(NC(=O)CCCCCC(=O)NO)c3)O2)cc1. The number of aliphatic hydroxyl groups is 1. The van der Waals surface area contributed by atoms with E-state index in [0.717, 1.165) is 27.3 Å². The molecule has 0 spiro atoms. The van der Waals surface area contributed by atoms with Gasteiger partial charge in [-0.25, -0.2) is 5.48 Å². The molecule has 3 aromatic carbocycles. The van der Waals surface area contributed by atoms with Gasteiger partial charge in [0.15, 0.2) is 6.29 Å². The molecule has 1 aliphatic heterocycles. The highest BCUT2D eigenvalue weighted by atomic mass is 32.2. The fraction of sp³-hybridized carbons (Fsp3) is 0.364. The Hall–Kier alpha value is -3.74. The van der Waals surface area contributed by atoms with Crippen molar-refractivity contribution in [2.45, 2.75) is 75.4 Å². The van der Waals surface area contributed by atoms with Crippen LogP contribution >= 0.6 is 11.8 Å². The minimum absolute atomic E-state index is 0.0308. The third-order valence-corrected chi connectivity index (χ3v) is 8.24. The van der Waals surface area contributed by atoms with Gasteiger partial charge in [0.2, 0.25) is 17.7 Å². The predicted octanol–water partition coefficient (Wildman–Crippen LogP) is 5.87. The van der Waals surface area contributed by atoms with Crippen molar-refractivity contribution in [3.63, 3.8) is 0 Å². The summed E-state index contributed by atoms with van der Waals surface area (Å²) < 4.78 is 12.9. The van der Waals surface area contributed by atoms with Gasteiger partial charge < -0.3 is 25.2 Å². The number of carbonyl (C=O) groups excluding carboxylic acids is 3. The van der Waals surface area contributed by atoms with Crippen molar-refractivity contribution in [1.29, 1.82) is 0 Å². The van der Waals surface area contributed by atoms with Gasteiger partial charge in [-0.1, -0.05) is 42.8 Å². The van der Waals surface area contributed by atoms with Crippen molar-refractivity contribution < 1.29 is 34.2 Å². The molecular formula is C33H39N3O7S. The number of ether oxygens (including phenoxy) is 2. The summed E-state index contributed by atoms with van der Waals surface area (Å²) in [5.41, 5.74) is 5.59. The summed E-state index contributed by atoms with van der Waals surface area (Å²) in [4.78, 5) is 36.1. The molecule has 1 heterocycles. The average Bonchev–Trinajstić information content (AvgIpc) is 3.04. The van der Waals surface area contributed by atoms with Crippen LogP contribution in [-0.4, -0.2) is 39.9 Å². The van der Waals surface area contributed by atoms with Gasteiger partial charge in [0.25, 0.3) is 0 Å². The van der Waals surface area contributed by atoms with E-state index in [0.29, 0.717) is 43.5 Å². The van der Waals surface area contributed by atoms with Gasteiger partial charge in [0, 0.05) is 53.8 Å². The normalized spacial score (nSPS) is 17.9. The zero-order chi connectivity index (χ0) is 31.3. The number of hydrogen-bond acceptors (Lipinski definition) is 8. The number of unbranched alkanes of at least 4 members (excludes halogenated alkanes) is 2. The van der Waals surface area contributed by atoms with Gasteiger partial charge >= 0.3 is 0 Å². The number of carbonyl (C=O) groups is 3. The zero-order valence-electron chi connectivity index (χ0n) is 24.7. The highest BCUT2D eigenvalue weighted by molar-refractivity contribution is 7.99. The van der Waals surface area contributed by atoms with Gasteiger partial charge in [-0.2, -0.15) is 0 Å². The van der Waals surface area contributed by atoms with Crippen LogP contribution in [0.1, 0.15) is 74.5 Å². The lowest BCUT2D eigenvalue weighted by Gasteiger charge is -2.36. The molecule has 10 nitrogen and oxygen atoms in total. The van der Waals surface area contributed by atoms with Gasteiger partial charge in [-0.05, 0) is 60.4 Å². The van der Waals surface area contributed by atoms with Gasteiger partial charge in [0.1, 0.15) is 0 Å². The molecule has 1 fully saturated rings. The fourth-order valence-corrected chi connectivity index (χ4v) is 5.76. The van der Waals surface area contributed by atoms with Crippen molar-refractivity contribution in [1.82, 2.24) is 5.48 Å². The zero-order valence-corrected chi connectivity index (χ0v) is 25.5. The van der Waals surface area contributed by atoms with Crippen LogP contribution in [0.3, 0.4) is 0 Å². The molecule has 4 rings (SSSR count). The third-order valence-electron chi connectivity index (χ3n) is 7.10. The van der Waals surface area contributed by atoms with Crippen LogP contribution in [0.2, 0.25) is 0 Å². The number of benzene rings is 3. The molecule has 1 saturated heterocycles. The molecule has 3 amide bonds. The molecule has 0 unspecified atom stereocenters. The number of amides is 3. The van der Waals surface area contributed by atoms with Crippen molar-refractivity contribution in [3.05, 3.63) is 89.5 Å². The highest BCUT2D eigenvalue weighted by Gasteiger charge is 2.32. The lowest BCUT2D eigenvalue weighted by Crippen LogP contribution is -2.31. The van der Waals surface area contributed by atoms with Gasteiger partial charge in [0.05, 0.1) is 18.8 Å². The van der Waals surface area contributed by atoms with E-state index in [2.05, 4.69) is 10.6 Å². The lowest BCUT2D eigenvalue weighted by molar-refractivity contribution is -0.245. The minimum Gasteiger partial charge on any atom is -0.392 e. The second-order valence-electron chi connectivity index (χ2n) is 10.6. The molecule has 5 N–H and O–H groups in total. The van der Waals surface area contributed by atoms with Crippen LogP contribution in [0.15, 0.2) is 77.7 Å².